The summed E-state index contributed by atoms with van der Waals surface area (Å²) in [5.41, 5.74) is 0.621. The third-order valence-corrected chi connectivity index (χ3v) is 3.06. The summed E-state index contributed by atoms with van der Waals surface area (Å²) in [5, 5.41) is 2.62. The molecule has 1 heterocycles. The average Bonchev–Trinajstić information content (AvgIpc) is 2.29. The van der Waals surface area contributed by atoms with Crippen LogP contribution < -0.4 is 5.32 Å². The van der Waals surface area contributed by atoms with E-state index in [0.29, 0.717) is 24.1 Å². The van der Waals surface area contributed by atoms with Crippen LogP contribution >= 0.6 is 15.9 Å². The van der Waals surface area contributed by atoms with Gasteiger partial charge in [0.1, 0.15) is 4.60 Å². The van der Waals surface area contributed by atoms with E-state index in [9.17, 15) is 4.79 Å². The number of amides is 1. The highest BCUT2D eigenvalue weighted by Gasteiger charge is 2.10. The fourth-order valence-corrected chi connectivity index (χ4v) is 1.24. The normalized spacial score (nSPS) is 12.3. The zero-order valence-corrected chi connectivity index (χ0v) is 11.8. The Morgan fingerprint density at radius 3 is 2.71 bits per heavy atom. The lowest BCUT2D eigenvalue weighted by molar-refractivity contribution is 0.133. The largest absolute Gasteiger partial charge is 0.449 e. The van der Waals surface area contributed by atoms with E-state index in [4.69, 9.17) is 4.74 Å². The van der Waals surface area contributed by atoms with Crippen LogP contribution in [0.1, 0.15) is 20.8 Å². The second-order valence-electron chi connectivity index (χ2n) is 4.31. The molecule has 0 saturated heterocycles. The van der Waals surface area contributed by atoms with Crippen molar-refractivity contribution >= 4 is 27.7 Å². The van der Waals surface area contributed by atoms with Crippen LogP contribution in [0.4, 0.5) is 10.5 Å². The molecule has 0 aromatic carbocycles. The molecule has 1 aromatic heterocycles. The first-order valence-corrected chi connectivity index (χ1v) is 6.33. The van der Waals surface area contributed by atoms with Gasteiger partial charge >= 0.3 is 6.09 Å². The van der Waals surface area contributed by atoms with Crippen molar-refractivity contribution in [3.05, 3.63) is 22.9 Å². The summed E-state index contributed by atoms with van der Waals surface area (Å²) in [5.74, 6) is 0.848. The van der Waals surface area contributed by atoms with Gasteiger partial charge < -0.3 is 4.74 Å². The second kappa shape index (κ2) is 6.59. The van der Waals surface area contributed by atoms with E-state index in [-0.39, 0.29) is 0 Å². The number of carbonyl (C=O) groups excluding carboxylic acids is 1. The SMILES string of the molecule is CC(C)[C@H](C)COC(=O)Nc1ccc(Br)nc1. The molecule has 94 valence electrons. The number of ether oxygens (including phenoxy) is 1. The number of aromatic nitrogens is 1. The second-order valence-corrected chi connectivity index (χ2v) is 5.13. The fourth-order valence-electron chi connectivity index (χ4n) is 1.00. The Morgan fingerprint density at radius 2 is 2.18 bits per heavy atom. The Hall–Kier alpha value is -1.10. The van der Waals surface area contributed by atoms with Crippen molar-refractivity contribution in [1.29, 1.82) is 0 Å². The van der Waals surface area contributed by atoms with E-state index in [1.54, 1.807) is 18.3 Å². The molecular weight excluding hydrogens is 284 g/mol. The van der Waals surface area contributed by atoms with E-state index in [1.807, 2.05) is 0 Å². The van der Waals surface area contributed by atoms with Gasteiger partial charge in [0.25, 0.3) is 0 Å². The number of pyridine rings is 1. The molecule has 5 heteroatoms. The smallest absolute Gasteiger partial charge is 0.411 e. The molecule has 0 fully saturated rings. The Bertz CT molecular complexity index is 365. The molecule has 17 heavy (non-hydrogen) atoms. The third-order valence-electron chi connectivity index (χ3n) is 2.59. The summed E-state index contributed by atoms with van der Waals surface area (Å²) in [6.45, 7) is 6.68. The van der Waals surface area contributed by atoms with E-state index < -0.39 is 6.09 Å². The van der Waals surface area contributed by atoms with Gasteiger partial charge in [0, 0.05) is 0 Å². The minimum Gasteiger partial charge on any atom is -0.449 e. The first-order valence-electron chi connectivity index (χ1n) is 5.54. The molecule has 0 aliphatic carbocycles. The Morgan fingerprint density at radius 1 is 1.47 bits per heavy atom. The van der Waals surface area contributed by atoms with Crippen molar-refractivity contribution in [2.75, 3.05) is 11.9 Å². The maximum Gasteiger partial charge on any atom is 0.411 e. The lowest BCUT2D eigenvalue weighted by atomic mass is 10.00. The molecule has 1 atom stereocenters. The van der Waals surface area contributed by atoms with Crippen molar-refractivity contribution in [2.45, 2.75) is 20.8 Å². The number of hydrogen-bond acceptors (Lipinski definition) is 3. The summed E-state index contributed by atoms with van der Waals surface area (Å²) in [6, 6.07) is 3.51. The van der Waals surface area contributed by atoms with Crippen molar-refractivity contribution in [1.82, 2.24) is 4.98 Å². The van der Waals surface area contributed by atoms with E-state index in [0.717, 1.165) is 4.60 Å². The molecule has 1 aromatic rings. The van der Waals surface area contributed by atoms with E-state index in [2.05, 4.69) is 47.0 Å². The average molecular weight is 301 g/mol. The van der Waals surface area contributed by atoms with Crippen LogP contribution in [0.25, 0.3) is 0 Å². The van der Waals surface area contributed by atoms with Crippen molar-refractivity contribution in [3.63, 3.8) is 0 Å². The number of nitrogens with one attached hydrogen (secondary N) is 1. The predicted molar refractivity (Wildman–Crippen MR) is 70.9 cm³/mol. The van der Waals surface area contributed by atoms with Crippen LogP contribution in [0.5, 0.6) is 0 Å². The zero-order valence-electron chi connectivity index (χ0n) is 10.2. The minimum absolute atomic E-state index is 0.351. The Balaban J connectivity index is 2.37. The Labute approximate surface area is 110 Å². The van der Waals surface area contributed by atoms with Gasteiger partial charge in [-0.2, -0.15) is 0 Å². The van der Waals surface area contributed by atoms with E-state index >= 15 is 0 Å². The predicted octanol–water partition coefficient (Wildman–Crippen LogP) is 3.68. The number of hydrogen-bond donors (Lipinski definition) is 1. The summed E-state index contributed by atoms with van der Waals surface area (Å²) in [4.78, 5) is 15.5. The fraction of sp³-hybridized carbons (Fsp3) is 0.500. The van der Waals surface area contributed by atoms with Gasteiger partial charge in [-0.05, 0) is 39.9 Å². The van der Waals surface area contributed by atoms with Gasteiger partial charge in [-0.25, -0.2) is 9.78 Å². The van der Waals surface area contributed by atoms with Crippen molar-refractivity contribution in [2.24, 2.45) is 11.8 Å². The maximum absolute atomic E-state index is 11.5. The summed E-state index contributed by atoms with van der Waals surface area (Å²) >= 11 is 3.22. The highest BCUT2D eigenvalue weighted by molar-refractivity contribution is 9.10. The van der Waals surface area contributed by atoms with Crippen LogP contribution in [0.2, 0.25) is 0 Å². The molecule has 0 saturated carbocycles. The number of rotatable bonds is 4. The molecule has 0 radical (unpaired) electrons. The lowest BCUT2D eigenvalue weighted by Gasteiger charge is -2.15. The summed E-state index contributed by atoms with van der Waals surface area (Å²) < 4.78 is 5.84. The Kier molecular flexibility index (Phi) is 5.41. The standard InChI is InChI=1S/C12H17BrN2O2/c1-8(2)9(3)7-17-12(16)15-10-4-5-11(13)14-6-10/h4-6,8-9H,7H2,1-3H3,(H,15,16)/t9-/m1/s1. The first-order chi connectivity index (χ1) is 7.99. The van der Waals surface area contributed by atoms with Crippen LogP contribution in [-0.4, -0.2) is 17.7 Å². The van der Waals surface area contributed by atoms with Crippen LogP contribution in [-0.2, 0) is 4.74 Å². The van der Waals surface area contributed by atoms with Crippen LogP contribution in [0.15, 0.2) is 22.9 Å². The quantitative estimate of drug-likeness (QED) is 0.863. The molecule has 1 rings (SSSR count). The third kappa shape index (κ3) is 5.17. The molecule has 0 spiro atoms. The molecule has 0 aliphatic rings. The number of anilines is 1. The molecule has 1 amide bonds. The minimum atomic E-state index is -0.443. The van der Waals surface area contributed by atoms with E-state index in [1.165, 1.54) is 0 Å². The zero-order chi connectivity index (χ0) is 12.8. The van der Waals surface area contributed by atoms with Gasteiger partial charge in [-0.15, -0.1) is 0 Å². The maximum atomic E-state index is 11.5. The molecular formula is C12H17BrN2O2. The van der Waals surface area contributed by atoms with Gasteiger partial charge in [0.2, 0.25) is 0 Å². The van der Waals surface area contributed by atoms with Crippen molar-refractivity contribution < 1.29 is 9.53 Å². The topological polar surface area (TPSA) is 51.2 Å². The van der Waals surface area contributed by atoms with Crippen LogP contribution in [0, 0.1) is 11.8 Å². The summed E-state index contributed by atoms with van der Waals surface area (Å²) in [6.07, 6.45) is 1.12. The van der Waals surface area contributed by atoms with Gasteiger partial charge in [-0.1, -0.05) is 20.8 Å². The first kappa shape index (κ1) is 14.0. The van der Waals surface area contributed by atoms with Gasteiger partial charge in [0.15, 0.2) is 0 Å². The highest BCUT2D eigenvalue weighted by atomic mass is 79.9. The molecule has 1 N–H and O–H groups in total. The van der Waals surface area contributed by atoms with Gasteiger partial charge in [0.05, 0.1) is 18.5 Å². The number of nitrogens with zero attached hydrogens (tertiary/aromatic N) is 1. The highest BCUT2D eigenvalue weighted by Crippen LogP contribution is 2.12. The molecule has 0 aliphatic heterocycles. The number of carbonyl (C=O) groups is 1. The number of halogens is 1. The van der Waals surface area contributed by atoms with Crippen molar-refractivity contribution in [3.8, 4) is 0 Å². The molecule has 0 bridgehead atoms. The summed E-state index contributed by atoms with van der Waals surface area (Å²) in [7, 11) is 0. The van der Waals surface area contributed by atoms with Gasteiger partial charge in [-0.3, -0.25) is 5.32 Å². The monoisotopic (exact) mass is 300 g/mol. The molecule has 4 nitrogen and oxygen atoms in total. The lowest BCUT2D eigenvalue weighted by Crippen LogP contribution is -2.20. The van der Waals surface area contributed by atoms with Crippen LogP contribution in [0.3, 0.4) is 0 Å². The molecule has 0 unspecified atom stereocenters.